The van der Waals surface area contributed by atoms with Gasteiger partial charge in [-0.3, -0.25) is 0 Å². The molecule has 0 saturated carbocycles. The maximum absolute atomic E-state index is 14.2. The number of nitrogens with one attached hydrogen (secondary N) is 1. The predicted octanol–water partition coefficient (Wildman–Crippen LogP) is 4.48. The molecule has 2 aromatic heterocycles. The Balaban J connectivity index is 2.01. The Hall–Kier alpha value is -3.02. The van der Waals surface area contributed by atoms with E-state index in [0.29, 0.717) is 17.2 Å². The van der Waals surface area contributed by atoms with Crippen LogP contribution in [0.4, 0.5) is 20.4 Å². The highest BCUT2D eigenvalue weighted by Crippen LogP contribution is 2.33. The van der Waals surface area contributed by atoms with Crippen molar-refractivity contribution in [2.24, 2.45) is 0 Å². The highest BCUT2D eigenvalue weighted by molar-refractivity contribution is 5.73. The number of nitrogens with zero attached hydrogens (tertiary/aromatic N) is 2. The Morgan fingerprint density at radius 2 is 1.75 bits per heavy atom. The van der Waals surface area contributed by atoms with Crippen LogP contribution in [0.15, 0.2) is 48.8 Å². The minimum absolute atomic E-state index is 0.250. The van der Waals surface area contributed by atoms with Crippen LogP contribution in [0.3, 0.4) is 0 Å². The molecule has 6 heteroatoms. The topological polar surface area (TPSA) is 47.0 Å². The molecule has 0 unspecified atom stereocenters. The van der Waals surface area contributed by atoms with Gasteiger partial charge in [-0.2, -0.15) is 0 Å². The van der Waals surface area contributed by atoms with Gasteiger partial charge in [-0.05, 0) is 42.8 Å². The lowest BCUT2D eigenvalue weighted by Gasteiger charge is -2.11. The van der Waals surface area contributed by atoms with Crippen molar-refractivity contribution in [3.8, 4) is 16.9 Å². The van der Waals surface area contributed by atoms with Crippen molar-refractivity contribution < 1.29 is 13.5 Å². The number of halogens is 2. The van der Waals surface area contributed by atoms with Gasteiger partial charge in [0, 0.05) is 23.4 Å². The first-order valence-corrected chi connectivity index (χ1v) is 7.26. The van der Waals surface area contributed by atoms with Crippen LogP contribution in [0.5, 0.6) is 5.75 Å². The number of pyridine rings is 2. The van der Waals surface area contributed by atoms with Crippen LogP contribution in [0.2, 0.25) is 0 Å². The third-order valence-corrected chi connectivity index (χ3v) is 3.48. The number of rotatable bonds is 4. The molecule has 122 valence electrons. The lowest BCUT2D eigenvalue weighted by molar-refractivity contribution is 0.412. The molecular formula is C18H15F2N3O. The van der Waals surface area contributed by atoms with Crippen LogP contribution < -0.4 is 10.1 Å². The van der Waals surface area contributed by atoms with Gasteiger partial charge in [-0.25, -0.2) is 18.7 Å². The van der Waals surface area contributed by atoms with Gasteiger partial charge in [-0.1, -0.05) is 0 Å². The summed E-state index contributed by atoms with van der Waals surface area (Å²) in [7, 11) is 1.41. The van der Waals surface area contributed by atoms with Crippen LogP contribution in [0.25, 0.3) is 11.1 Å². The Kier molecular flexibility index (Phi) is 4.37. The second-order valence-electron chi connectivity index (χ2n) is 5.24. The molecule has 0 aliphatic heterocycles. The number of anilines is 2. The molecule has 1 N–H and O–H groups in total. The fraction of sp³-hybridized carbons (Fsp3) is 0.111. The van der Waals surface area contributed by atoms with Crippen molar-refractivity contribution in [1.82, 2.24) is 9.97 Å². The van der Waals surface area contributed by atoms with Crippen LogP contribution in [0, 0.1) is 18.6 Å². The van der Waals surface area contributed by atoms with Gasteiger partial charge >= 0.3 is 0 Å². The minimum atomic E-state index is -0.525. The summed E-state index contributed by atoms with van der Waals surface area (Å²) in [6, 6.07) is 9.20. The highest BCUT2D eigenvalue weighted by Gasteiger charge is 2.13. The monoisotopic (exact) mass is 327 g/mol. The number of ether oxygens (including phenoxy) is 1. The summed E-state index contributed by atoms with van der Waals surface area (Å²) in [4.78, 5) is 8.21. The van der Waals surface area contributed by atoms with Gasteiger partial charge in [0.25, 0.3) is 0 Å². The fourth-order valence-electron chi connectivity index (χ4n) is 2.34. The summed E-state index contributed by atoms with van der Waals surface area (Å²) in [5.74, 6) is 0.303. The van der Waals surface area contributed by atoms with Crippen LogP contribution in [-0.4, -0.2) is 17.1 Å². The van der Waals surface area contributed by atoms with Crippen molar-refractivity contribution in [1.29, 1.82) is 0 Å². The van der Waals surface area contributed by atoms with Crippen molar-refractivity contribution in [2.45, 2.75) is 6.92 Å². The number of methoxy groups -OCH3 is 1. The fourth-order valence-corrected chi connectivity index (χ4v) is 2.34. The van der Waals surface area contributed by atoms with E-state index in [2.05, 4.69) is 15.3 Å². The van der Waals surface area contributed by atoms with Crippen LogP contribution in [0.1, 0.15) is 5.56 Å². The van der Waals surface area contributed by atoms with Crippen LogP contribution in [-0.2, 0) is 0 Å². The maximum atomic E-state index is 14.2. The third-order valence-electron chi connectivity index (χ3n) is 3.48. The Morgan fingerprint density at radius 3 is 2.50 bits per heavy atom. The lowest BCUT2D eigenvalue weighted by atomic mass is 10.0. The largest absolute Gasteiger partial charge is 0.496 e. The Labute approximate surface area is 138 Å². The average Bonchev–Trinajstić information content (AvgIpc) is 2.57. The van der Waals surface area contributed by atoms with Crippen molar-refractivity contribution in [3.05, 3.63) is 66.0 Å². The van der Waals surface area contributed by atoms with Gasteiger partial charge in [0.2, 0.25) is 0 Å². The summed E-state index contributed by atoms with van der Waals surface area (Å²) >= 11 is 0. The molecule has 0 aliphatic rings. The van der Waals surface area contributed by atoms with Crippen molar-refractivity contribution >= 4 is 11.6 Å². The standard InChI is InChI=1S/C18H15F2N3O/c1-11-5-6-21-17(7-11)23-18-9-14(15(20)10-22-18)13-4-3-12(19)8-16(13)24-2/h3-10H,1-2H3,(H,21,22,23). The molecular weight excluding hydrogens is 312 g/mol. The molecule has 0 bridgehead atoms. The zero-order valence-electron chi connectivity index (χ0n) is 13.2. The number of benzene rings is 1. The maximum Gasteiger partial charge on any atom is 0.149 e. The molecule has 0 atom stereocenters. The molecule has 2 heterocycles. The number of aromatic nitrogens is 2. The molecule has 0 fully saturated rings. The summed E-state index contributed by atoms with van der Waals surface area (Å²) in [6.07, 6.45) is 2.78. The molecule has 3 rings (SSSR count). The zero-order chi connectivity index (χ0) is 17.1. The van der Waals surface area contributed by atoms with Gasteiger partial charge < -0.3 is 10.1 Å². The minimum Gasteiger partial charge on any atom is -0.496 e. The van der Waals surface area contributed by atoms with E-state index in [-0.39, 0.29) is 11.3 Å². The van der Waals surface area contributed by atoms with Gasteiger partial charge in [0.15, 0.2) is 0 Å². The van der Waals surface area contributed by atoms with E-state index in [0.717, 1.165) is 11.8 Å². The quantitative estimate of drug-likeness (QED) is 0.767. The van der Waals surface area contributed by atoms with Gasteiger partial charge in [0.05, 0.1) is 13.3 Å². The van der Waals surface area contributed by atoms with E-state index in [1.165, 1.54) is 31.4 Å². The molecule has 3 aromatic rings. The number of hydrogen-bond donors (Lipinski definition) is 1. The first kappa shape index (κ1) is 15.9. The molecule has 24 heavy (non-hydrogen) atoms. The second-order valence-corrected chi connectivity index (χ2v) is 5.24. The van der Waals surface area contributed by atoms with Gasteiger partial charge in [0.1, 0.15) is 29.0 Å². The summed E-state index contributed by atoms with van der Waals surface area (Å²) < 4.78 is 32.7. The second kappa shape index (κ2) is 6.62. The molecule has 0 radical (unpaired) electrons. The molecule has 0 saturated heterocycles. The molecule has 4 nitrogen and oxygen atoms in total. The number of aryl methyl sites for hydroxylation is 1. The Bertz CT molecular complexity index is 884. The Morgan fingerprint density at radius 1 is 0.958 bits per heavy atom. The summed E-state index contributed by atoms with van der Waals surface area (Å²) in [5, 5.41) is 3.03. The predicted molar refractivity (Wildman–Crippen MR) is 88.4 cm³/mol. The van der Waals surface area contributed by atoms with E-state index in [4.69, 9.17) is 4.74 Å². The van der Waals surface area contributed by atoms with E-state index in [9.17, 15) is 8.78 Å². The van der Waals surface area contributed by atoms with E-state index in [1.807, 2.05) is 19.1 Å². The van der Waals surface area contributed by atoms with E-state index in [1.54, 1.807) is 6.20 Å². The summed E-state index contributed by atoms with van der Waals surface area (Å²) in [5.41, 5.74) is 1.74. The average molecular weight is 327 g/mol. The van der Waals surface area contributed by atoms with Crippen molar-refractivity contribution in [3.63, 3.8) is 0 Å². The van der Waals surface area contributed by atoms with Gasteiger partial charge in [-0.15, -0.1) is 0 Å². The van der Waals surface area contributed by atoms with E-state index >= 15 is 0 Å². The smallest absolute Gasteiger partial charge is 0.149 e. The normalized spacial score (nSPS) is 10.5. The molecule has 0 amide bonds. The zero-order valence-corrected chi connectivity index (χ0v) is 13.2. The third kappa shape index (κ3) is 3.32. The lowest BCUT2D eigenvalue weighted by Crippen LogP contribution is -1.99. The highest BCUT2D eigenvalue weighted by atomic mass is 19.1. The molecule has 0 spiro atoms. The first-order chi connectivity index (χ1) is 11.6. The molecule has 0 aliphatic carbocycles. The van der Waals surface area contributed by atoms with E-state index < -0.39 is 11.6 Å². The SMILES string of the molecule is COc1cc(F)ccc1-c1cc(Nc2cc(C)ccn2)ncc1F. The number of hydrogen-bond acceptors (Lipinski definition) is 4. The molecule has 1 aromatic carbocycles. The van der Waals surface area contributed by atoms with Crippen LogP contribution >= 0.6 is 0 Å². The first-order valence-electron chi connectivity index (χ1n) is 7.26. The van der Waals surface area contributed by atoms with Crippen molar-refractivity contribution in [2.75, 3.05) is 12.4 Å². The summed E-state index contributed by atoms with van der Waals surface area (Å²) in [6.45, 7) is 1.94.